The number of carbonyl (C=O) groups is 1. The van der Waals surface area contributed by atoms with Gasteiger partial charge in [0, 0.05) is 11.1 Å². The zero-order valence-corrected chi connectivity index (χ0v) is 17.1. The van der Waals surface area contributed by atoms with Crippen LogP contribution >= 0.6 is 0 Å². The quantitative estimate of drug-likeness (QED) is 0.524. The van der Waals surface area contributed by atoms with Gasteiger partial charge in [-0.05, 0) is 55.3 Å². The maximum atomic E-state index is 13.3. The van der Waals surface area contributed by atoms with Crippen LogP contribution in [0.3, 0.4) is 0 Å². The number of benzene rings is 2. The molecule has 0 atom stereocenters. The van der Waals surface area contributed by atoms with Crippen molar-refractivity contribution in [1.82, 2.24) is 4.98 Å². The molecule has 0 radical (unpaired) electrons. The van der Waals surface area contributed by atoms with Crippen molar-refractivity contribution < 1.29 is 28.2 Å². The van der Waals surface area contributed by atoms with E-state index in [0.29, 0.717) is 34.9 Å². The van der Waals surface area contributed by atoms with Crippen LogP contribution in [0.2, 0.25) is 0 Å². The minimum absolute atomic E-state index is 0.00427. The van der Waals surface area contributed by atoms with Crippen molar-refractivity contribution in [2.45, 2.75) is 27.2 Å². The molecule has 0 amide bonds. The Hall–Kier alpha value is -3.35. The average molecular weight is 413 g/mol. The van der Waals surface area contributed by atoms with Crippen molar-refractivity contribution in [2.24, 2.45) is 5.92 Å². The van der Waals surface area contributed by atoms with Gasteiger partial charge in [-0.3, -0.25) is 4.79 Å². The van der Waals surface area contributed by atoms with E-state index < -0.39 is 5.97 Å². The average Bonchev–Trinajstić information content (AvgIpc) is 3.11. The predicted molar refractivity (Wildman–Crippen MR) is 110 cm³/mol. The number of halogens is 1. The number of oxazole rings is 1. The van der Waals surface area contributed by atoms with Crippen LogP contribution in [-0.4, -0.2) is 29.3 Å². The van der Waals surface area contributed by atoms with Crippen LogP contribution in [-0.2, 0) is 16.0 Å². The highest BCUT2D eigenvalue weighted by molar-refractivity contribution is 5.76. The van der Waals surface area contributed by atoms with Crippen LogP contribution in [0.1, 0.15) is 26.5 Å². The van der Waals surface area contributed by atoms with Crippen LogP contribution < -0.4 is 4.74 Å². The lowest BCUT2D eigenvalue weighted by Gasteiger charge is -2.11. The van der Waals surface area contributed by atoms with Gasteiger partial charge in [-0.15, -0.1) is 0 Å². The number of phenolic OH excluding ortho intramolecular Hbond substituents is 1. The van der Waals surface area contributed by atoms with Crippen molar-refractivity contribution in [2.75, 3.05) is 13.2 Å². The molecule has 0 aliphatic rings. The molecule has 3 rings (SSSR count). The first-order chi connectivity index (χ1) is 14.4. The molecule has 6 nitrogen and oxygen atoms in total. The highest BCUT2D eigenvalue weighted by Gasteiger charge is 2.21. The lowest BCUT2D eigenvalue weighted by Crippen LogP contribution is -2.08. The Labute approximate surface area is 174 Å². The van der Waals surface area contributed by atoms with E-state index in [1.54, 1.807) is 31.2 Å². The number of phenols is 1. The SMILES string of the molecule is CCOC(=O)Cc1nc(-c2ccc(F)cc2)oc1-c1ccc(O)c(OCC(C)C)c1. The molecule has 0 fully saturated rings. The number of aromatic hydroxyl groups is 1. The summed E-state index contributed by atoms with van der Waals surface area (Å²) in [6.45, 7) is 6.42. The van der Waals surface area contributed by atoms with Crippen LogP contribution in [0.5, 0.6) is 11.5 Å². The number of nitrogens with zero attached hydrogens (tertiary/aromatic N) is 1. The Morgan fingerprint density at radius 1 is 1.17 bits per heavy atom. The summed E-state index contributed by atoms with van der Waals surface area (Å²) >= 11 is 0. The molecule has 0 unspecified atom stereocenters. The van der Waals surface area contributed by atoms with E-state index in [4.69, 9.17) is 13.9 Å². The van der Waals surface area contributed by atoms with Gasteiger partial charge in [-0.25, -0.2) is 9.37 Å². The summed E-state index contributed by atoms with van der Waals surface area (Å²) in [7, 11) is 0. The lowest BCUT2D eigenvalue weighted by molar-refractivity contribution is -0.142. The first-order valence-corrected chi connectivity index (χ1v) is 9.74. The molecule has 1 aromatic heterocycles. The molecular formula is C23H24FNO5. The van der Waals surface area contributed by atoms with Gasteiger partial charge in [0.05, 0.1) is 25.3 Å². The van der Waals surface area contributed by atoms with Gasteiger partial charge in [-0.2, -0.15) is 0 Å². The summed E-state index contributed by atoms with van der Waals surface area (Å²) in [5.41, 5.74) is 1.54. The molecule has 0 saturated heterocycles. The Morgan fingerprint density at radius 3 is 2.53 bits per heavy atom. The highest BCUT2D eigenvalue weighted by Crippen LogP contribution is 2.36. The number of rotatable bonds is 8. The molecule has 0 aliphatic carbocycles. The van der Waals surface area contributed by atoms with Crippen molar-refractivity contribution >= 4 is 5.97 Å². The summed E-state index contributed by atoms with van der Waals surface area (Å²) in [5.74, 6) is 0.393. The van der Waals surface area contributed by atoms with Gasteiger partial charge in [-0.1, -0.05) is 13.8 Å². The number of carbonyl (C=O) groups excluding carboxylic acids is 1. The van der Waals surface area contributed by atoms with E-state index in [9.17, 15) is 14.3 Å². The van der Waals surface area contributed by atoms with Gasteiger partial charge in [0.2, 0.25) is 5.89 Å². The second-order valence-corrected chi connectivity index (χ2v) is 7.17. The van der Waals surface area contributed by atoms with Gasteiger partial charge in [0.1, 0.15) is 5.82 Å². The summed E-state index contributed by atoms with van der Waals surface area (Å²) in [5, 5.41) is 10.1. The van der Waals surface area contributed by atoms with E-state index >= 15 is 0 Å². The maximum Gasteiger partial charge on any atom is 0.312 e. The van der Waals surface area contributed by atoms with Crippen molar-refractivity contribution in [3.8, 4) is 34.3 Å². The van der Waals surface area contributed by atoms with E-state index in [-0.39, 0.29) is 36.4 Å². The summed E-state index contributed by atoms with van der Waals surface area (Å²) < 4.78 is 29.9. The maximum absolute atomic E-state index is 13.3. The molecule has 0 bridgehead atoms. The summed E-state index contributed by atoms with van der Waals surface area (Å²) in [4.78, 5) is 16.5. The third-order valence-electron chi connectivity index (χ3n) is 4.20. The minimum atomic E-state index is -0.437. The number of ether oxygens (including phenoxy) is 2. The normalized spacial score (nSPS) is 11.0. The third-order valence-corrected chi connectivity index (χ3v) is 4.20. The number of aromatic nitrogens is 1. The molecule has 0 saturated carbocycles. The smallest absolute Gasteiger partial charge is 0.312 e. The monoisotopic (exact) mass is 413 g/mol. The number of hydrogen-bond acceptors (Lipinski definition) is 6. The lowest BCUT2D eigenvalue weighted by atomic mass is 10.1. The largest absolute Gasteiger partial charge is 0.504 e. The molecule has 158 valence electrons. The fourth-order valence-electron chi connectivity index (χ4n) is 2.79. The zero-order valence-electron chi connectivity index (χ0n) is 17.1. The van der Waals surface area contributed by atoms with E-state index in [2.05, 4.69) is 4.98 Å². The molecule has 3 aromatic rings. The van der Waals surface area contributed by atoms with Crippen LogP contribution in [0.25, 0.3) is 22.8 Å². The molecule has 30 heavy (non-hydrogen) atoms. The number of esters is 1. The minimum Gasteiger partial charge on any atom is -0.504 e. The molecule has 7 heteroatoms. The van der Waals surface area contributed by atoms with Crippen molar-refractivity contribution in [3.63, 3.8) is 0 Å². The third kappa shape index (κ3) is 5.17. The van der Waals surface area contributed by atoms with Crippen molar-refractivity contribution in [1.29, 1.82) is 0 Å². The van der Waals surface area contributed by atoms with Crippen molar-refractivity contribution in [3.05, 3.63) is 54.0 Å². The molecule has 0 spiro atoms. The second kappa shape index (κ2) is 9.43. The van der Waals surface area contributed by atoms with E-state index in [1.165, 1.54) is 18.2 Å². The fraction of sp³-hybridized carbons (Fsp3) is 0.304. The molecule has 0 aliphatic heterocycles. The summed E-state index contributed by atoms with van der Waals surface area (Å²) in [6, 6.07) is 10.5. The molecule has 2 aromatic carbocycles. The highest BCUT2D eigenvalue weighted by atomic mass is 19.1. The summed E-state index contributed by atoms with van der Waals surface area (Å²) in [6.07, 6.45) is -0.0864. The topological polar surface area (TPSA) is 81.8 Å². The van der Waals surface area contributed by atoms with E-state index in [1.807, 2.05) is 13.8 Å². The van der Waals surface area contributed by atoms with Gasteiger partial charge >= 0.3 is 5.97 Å². The molecular weight excluding hydrogens is 389 g/mol. The standard InChI is InChI=1S/C23H24FNO5/c1-4-28-21(27)12-18-22(30-23(25-18)15-5-8-17(24)9-6-15)16-7-10-19(26)20(11-16)29-13-14(2)3/h5-11,14,26H,4,12-13H2,1-3H3. The van der Waals surface area contributed by atoms with Crippen LogP contribution in [0.4, 0.5) is 4.39 Å². The Bertz CT molecular complexity index is 1010. The van der Waals surface area contributed by atoms with Crippen LogP contribution in [0.15, 0.2) is 46.9 Å². The fourth-order valence-corrected chi connectivity index (χ4v) is 2.79. The van der Waals surface area contributed by atoms with Gasteiger partial charge in [0.25, 0.3) is 0 Å². The van der Waals surface area contributed by atoms with E-state index in [0.717, 1.165) is 0 Å². The Kier molecular flexibility index (Phi) is 6.72. The number of hydrogen-bond donors (Lipinski definition) is 1. The first kappa shape index (κ1) is 21.4. The predicted octanol–water partition coefficient (Wildman–Crippen LogP) is 4.99. The Morgan fingerprint density at radius 2 is 1.87 bits per heavy atom. The Balaban J connectivity index is 2.02. The van der Waals surface area contributed by atoms with Gasteiger partial charge in [0.15, 0.2) is 17.3 Å². The second-order valence-electron chi connectivity index (χ2n) is 7.17. The van der Waals surface area contributed by atoms with Crippen LogP contribution in [0, 0.1) is 11.7 Å². The van der Waals surface area contributed by atoms with Gasteiger partial charge < -0.3 is 19.0 Å². The molecule has 1 heterocycles. The first-order valence-electron chi connectivity index (χ1n) is 9.74. The molecule has 1 N–H and O–H groups in total. The zero-order chi connectivity index (χ0) is 21.7.